The Morgan fingerprint density at radius 3 is 2.44 bits per heavy atom. The summed E-state index contributed by atoms with van der Waals surface area (Å²) < 4.78 is 24.9. The van der Waals surface area contributed by atoms with Gasteiger partial charge in [0.1, 0.15) is 11.3 Å². The van der Waals surface area contributed by atoms with E-state index in [2.05, 4.69) is 0 Å². The molecule has 0 aliphatic heterocycles. The van der Waals surface area contributed by atoms with Crippen LogP contribution in [0.25, 0.3) is 0 Å². The van der Waals surface area contributed by atoms with Gasteiger partial charge in [-0.25, -0.2) is 8.78 Å². The number of nitro groups is 1. The standard InChI is InChI=1S/C9H7F2NO4/c1-4(13)5-2-6(12(15)16)8(9(10)11)7(14)3-5/h2-3,9,14H,1H3. The Bertz CT molecular complexity index is 459. The molecule has 0 unspecified atom stereocenters. The Morgan fingerprint density at radius 2 is 2.06 bits per heavy atom. The van der Waals surface area contributed by atoms with E-state index in [0.717, 1.165) is 19.1 Å². The van der Waals surface area contributed by atoms with Crippen molar-refractivity contribution in [3.63, 3.8) is 0 Å². The molecule has 0 spiro atoms. The summed E-state index contributed by atoms with van der Waals surface area (Å²) in [5.74, 6) is -1.51. The van der Waals surface area contributed by atoms with Crippen molar-refractivity contribution in [1.82, 2.24) is 0 Å². The van der Waals surface area contributed by atoms with Crippen LogP contribution in [0.4, 0.5) is 14.5 Å². The molecule has 7 heteroatoms. The molecular weight excluding hydrogens is 224 g/mol. The number of ketones is 1. The third-order valence-electron chi connectivity index (χ3n) is 1.96. The number of hydrogen-bond acceptors (Lipinski definition) is 4. The van der Waals surface area contributed by atoms with Gasteiger partial charge in [-0.3, -0.25) is 14.9 Å². The summed E-state index contributed by atoms with van der Waals surface area (Å²) in [7, 11) is 0. The highest BCUT2D eigenvalue weighted by Gasteiger charge is 2.27. The Labute approximate surface area is 88.5 Å². The van der Waals surface area contributed by atoms with E-state index in [1.54, 1.807) is 0 Å². The quantitative estimate of drug-likeness (QED) is 0.492. The fraction of sp³-hybridized carbons (Fsp3) is 0.222. The molecule has 0 aromatic heterocycles. The highest BCUT2D eigenvalue weighted by molar-refractivity contribution is 5.95. The van der Waals surface area contributed by atoms with Crippen molar-refractivity contribution >= 4 is 11.5 Å². The number of carbonyl (C=O) groups is 1. The predicted molar refractivity (Wildman–Crippen MR) is 49.7 cm³/mol. The average Bonchev–Trinajstić information content (AvgIpc) is 2.15. The second-order valence-corrected chi connectivity index (χ2v) is 3.04. The maximum atomic E-state index is 12.4. The molecule has 1 aromatic rings. The van der Waals surface area contributed by atoms with Gasteiger partial charge in [0.2, 0.25) is 0 Å². The topological polar surface area (TPSA) is 80.4 Å². The van der Waals surface area contributed by atoms with Crippen molar-refractivity contribution in [2.45, 2.75) is 13.3 Å². The van der Waals surface area contributed by atoms with Gasteiger partial charge in [-0.05, 0) is 13.0 Å². The van der Waals surface area contributed by atoms with Crippen LogP contribution in [0.2, 0.25) is 0 Å². The van der Waals surface area contributed by atoms with Gasteiger partial charge in [0.15, 0.2) is 5.78 Å². The zero-order valence-corrected chi connectivity index (χ0v) is 8.11. The number of Topliss-reactive ketones (excluding diaryl/α,β-unsaturated/α-hetero) is 1. The number of hydrogen-bond donors (Lipinski definition) is 1. The SMILES string of the molecule is CC(=O)c1cc(O)c(C(F)F)c([N+](=O)[O-])c1. The number of alkyl halides is 2. The van der Waals surface area contributed by atoms with E-state index in [0.29, 0.717) is 0 Å². The van der Waals surface area contributed by atoms with Crippen molar-refractivity contribution in [3.8, 4) is 5.75 Å². The Morgan fingerprint density at radius 1 is 1.50 bits per heavy atom. The van der Waals surface area contributed by atoms with E-state index in [1.807, 2.05) is 0 Å². The van der Waals surface area contributed by atoms with Crippen LogP contribution in [-0.2, 0) is 0 Å². The second kappa shape index (κ2) is 4.21. The zero-order chi connectivity index (χ0) is 12.5. The summed E-state index contributed by atoms with van der Waals surface area (Å²) in [4.78, 5) is 20.4. The molecule has 0 fully saturated rings. The number of phenols is 1. The molecule has 0 heterocycles. The summed E-state index contributed by atoms with van der Waals surface area (Å²) >= 11 is 0. The number of benzene rings is 1. The predicted octanol–water partition coefficient (Wildman–Crippen LogP) is 2.44. The molecule has 0 bridgehead atoms. The Balaban J connectivity index is 3.52. The van der Waals surface area contributed by atoms with Crippen LogP contribution in [0.3, 0.4) is 0 Å². The van der Waals surface area contributed by atoms with Gasteiger partial charge < -0.3 is 5.11 Å². The minimum Gasteiger partial charge on any atom is -0.507 e. The van der Waals surface area contributed by atoms with Crippen LogP contribution in [-0.4, -0.2) is 15.8 Å². The molecule has 0 radical (unpaired) electrons. The molecule has 1 rings (SSSR count). The molecule has 0 aliphatic rings. The van der Waals surface area contributed by atoms with Crippen molar-refractivity contribution < 1.29 is 23.6 Å². The van der Waals surface area contributed by atoms with Gasteiger partial charge in [0, 0.05) is 11.6 Å². The summed E-state index contributed by atoms with van der Waals surface area (Å²) in [6, 6.07) is 1.51. The van der Waals surface area contributed by atoms with Crippen LogP contribution >= 0.6 is 0 Å². The smallest absolute Gasteiger partial charge is 0.282 e. The van der Waals surface area contributed by atoms with Crippen molar-refractivity contribution in [1.29, 1.82) is 0 Å². The van der Waals surface area contributed by atoms with Gasteiger partial charge >= 0.3 is 0 Å². The van der Waals surface area contributed by atoms with Gasteiger partial charge in [-0.2, -0.15) is 0 Å². The molecule has 0 aliphatic carbocycles. The first-order chi connectivity index (χ1) is 7.34. The number of halogens is 2. The summed E-state index contributed by atoms with van der Waals surface area (Å²) in [5.41, 5.74) is -2.22. The number of nitrogens with zero attached hydrogens (tertiary/aromatic N) is 1. The first-order valence-electron chi connectivity index (χ1n) is 4.15. The molecule has 5 nitrogen and oxygen atoms in total. The van der Waals surface area contributed by atoms with E-state index in [-0.39, 0.29) is 5.56 Å². The molecule has 1 aromatic carbocycles. The van der Waals surface area contributed by atoms with Crippen LogP contribution in [0.1, 0.15) is 29.3 Å². The van der Waals surface area contributed by atoms with Crippen LogP contribution in [0, 0.1) is 10.1 Å². The zero-order valence-electron chi connectivity index (χ0n) is 8.11. The molecule has 86 valence electrons. The van der Waals surface area contributed by atoms with E-state index in [4.69, 9.17) is 0 Å². The lowest BCUT2D eigenvalue weighted by molar-refractivity contribution is -0.386. The van der Waals surface area contributed by atoms with E-state index in [1.165, 1.54) is 0 Å². The lowest BCUT2D eigenvalue weighted by Crippen LogP contribution is -2.01. The first kappa shape index (κ1) is 12.0. The molecule has 16 heavy (non-hydrogen) atoms. The largest absolute Gasteiger partial charge is 0.507 e. The van der Waals surface area contributed by atoms with E-state index >= 15 is 0 Å². The first-order valence-corrected chi connectivity index (χ1v) is 4.15. The van der Waals surface area contributed by atoms with Gasteiger partial charge in [0.05, 0.1) is 4.92 Å². The van der Waals surface area contributed by atoms with Crippen LogP contribution in [0.5, 0.6) is 5.75 Å². The third-order valence-corrected chi connectivity index (χ3v) is 1.96. The van der Waals surface area contributed by atoms with E-state index < -0.39 is 34.1 Å². The maximum absolute atomic E-state index is 12.4. The fourth-order valence-corrected chi connectivity index (χ4v) is 1.20. The number of rotatable bonds is 3. The number of aromatic hydroxyl groups is 1. The van der Waals surface area contributed by atoms with Gasteiger partial charge in [-0.15, -0.1) is 0 Å². The summed E-state index contributed by atoms with van der Waals surface area (Å²) in [6.45, 7) is 1.11. The van der Waals surface area contributed by atoms with E-state index in [9.17, 15) is 28.8 Å². The Hall–Kier alpha value is -2.05. The lowest BCUT2D eigenvalue weighted by atomic mass is 10.1. The molecular formula is C9H7F2NO4. The monoisotopic (exact) mass is 231 g/mol. The highest BCUT2D eigenvalue weighted by atomic mass is 19.3. The average molecular weight is 231 g/mol. The number of phenolic OH excluding ortho intramolecular Hbond substituents is 1. The van der Waals surface area contributed by atoms with Crippen molar-refractivity contribution in [2.75, 3.05) is 0 Å². The van der Waals surface area contributed by atoms with Gasteiger partial charge in [0.25, 0.3) is 12.1 Å². The van der Waals surface area contributed by atoms with Crippen molar-refractivity contribution in [2.24, 2.45) is 0 Å². The summed E-state index contributed by atoms with van der Waals surface area (Å²) in [5, 5.41) is 19.7. The molecule has 0 saturated carbocycles. The summed E-state index contributed by atoms with van der Waals surface area (Å²) in [6.07, 6.45) is -3.18. The molecule has 1 N–H and O–H groups in total. The minimum atomic E-state index is -3.18. The highest BCUT2D eigenvalue weighted by Crippen LogP contribution is 2.37. The van der Waals surface area contributed by atoms with Crippen LogP contribution in [0.15, 0.2) is 12.1 Å². The Kier molecular flexibility index (Phi) is 3.17. The lowest BCUT2D eigenvalue weighted by Gasteiger charge is -2.06. The number of nitro benzene ring substituents is 1. The molecule has 0 atom stereocenters. The maximum Gasteiger partial charge on any atom is 0.282 e. The molecule has 0 saturated heterocycles. The third kappa shape index (κ3) is 2.13. The van der Waals surface area contributed by atoms with Gasteiger partial charge in [-0.1, -0.05) is 0 Å². The normalized spacial score (nSPS) is 10.5. The molecule has 0 amide bonds. The minimum absolute atomic E-state index is 0.186. The fourth-order valence-electron chi connectivity index (χ4n) is 1.20. The second-order valence-electron chi connectivity index (χ2n) is 3.04. The van der Waals surface area contributed by atoms with Crippen LogP contribution < -0.4 is 0 Å². The number of carbonyl (C=O) groups excluding carboxylic acids is 1. The van der Waals surface area contributed by atoms with Crippen molar-refractivity contribution in [3.05, 3.63) is 33.4 Å².